The Morgan fingerprint density at radius 3 is 2.71 bits per heavy atom. The van der Waals surface area contributed by atoms with Crippen molar-refractivity contribution in [3.63, 3.8) is 0 Å². The van der Waals surface area contributed by atoms with Crippen LogP contribution in [-0.4, -0.2) is 39.8 Å². The summed E-state index contributed by atoms with van der Waals surface area (Å²) in [4.78, 5) is 11.7. The summed E-state index contributed by atoms with van der Waals surface area (Å²) in [6.07, 6.45) is 0. The summed E-state index contributed by atoms with van der Waals surface area (Å²) in [7, 11) is 2.97. The van der Waals surface area contributed by atoms with Crippen molar-refractivity contribution >= 4 is 5.78 Å². The van der Waals surface area contributed by atoms with E-state index in [-0.39, 0.29) is 18.0 Å². The number of benzene rings is 1. The minimum absolute atomic E-state index is 0.122. The van der Waals surface area contributed by atoms with Gasteiger partial charge in [-0.1, -0.05) is 0 Å². The molecule has 1 aromatic carbocycles. The third-order valence-corrected chi connectivity index (χ3v) is 2.13. The molecular weight excluding hydrogens is 227 g/mol. The summed E-state index contributed by atoms with van der Waals surface area (Å²) < 4.78 is 27.8. The van der Waals surface area contributed by atoms with Crippen LogP contribution in [0.4, 0.5) is 4.39 Å². The summed E-state index contributed by atoms with van der Waals surface area (Å²) in [6.45, 7) is 0.608. The zero-order valence-electron chi connectivity index (χ0n) is 9.86. The van der Waals surface area contributed by atoms with E-state index in [1.54, 1.807) is 7.11 Å². The van der Waals surface area contributed by atoms with E-state index in [0.29, 0.717) is 19.0 Å². The first-order valence-corrected chi connectivity index (χ1v) is 5.12. The van der Waals surface area contributed by atoms with Crippen molar-refractivity contribution in [2.45, 2.75) is 0 Å². The molecule has 0 unspecified atom stereocenters. The molecule has 0 saturated heterocycles. The summed E-state index contributed by atoms with van der Waals surface area (Å²) in [5.74, 6) is -0.463. The van der Waals surface area contributed by atoms with Gasteiger partial charge in [0.2, 0.25) is 0 Å². The Kier molecular flexibility index (Phi) is 5.59. The smallest absolute Gasteiger partial charge is 0.192 e. The molecule has 0 aliphatic heterocycles. The molecule has 5 heteroatoms. The molecule has 0 heterocycles. The van der Waals surface area contributed by atoms with Crippen LogP contribution in [0, 0.1) is 5.82 Å². The average molecular weight is 242 g/mol. The van der Waals surface area contributed by atoms with Crippen LogP contribution >= 0.6 is 0 Å². The second-order valence-electron chi connectivity index (χ2n) is 3.31. The van der Waals surface area contributed by atoms with Crippen LogP contribution in [-0.2, 0) is 9.47 Å². The lowest BCUT2D eigenvalue weighted by Crippen LogP contribution is -2.13. The number of carbonyl (C=O) groups excluding carboxylic acids is 1. The zero-order chi connectivity index (χ0) is 12.7. The lowest BCUT2D eigenvalue weighted by molar-refractivity contribution is 0.0574. The number of carbonyl (C=O) groups is 1. The van der Waals surface area contributed by atoms with Gasteiger partial charge in [0.25, 0.3) is 0 Å². The number of hydrogen-bond acceptors (Lipinski definition) is 4. The van der Waals surface area contributed by atoms with Gasteiger partial charge in [-0.3, -0.25) is 4.79 Å². The molecule has 0 atom stereocenters. The van der Waals surface area contributed by atoms with E-state index >= 15 is 0 Å². The Bertz CT molecular complexity index is 379. The average Bonchev–Trinajstić information content (AvgIpc) is 2.34. The van der Waals surface area contributed by atoms with Gasteiger partial charge >= 0.3 is 0 Å². The fourth-order valence-corrected chi connectivity index (χ4v) is 1.28. The fourth-order valence-electron chi connectivity index (χ4n) is 1.28. The summed E-state index contributed by atoms with van der Waals surface area (Å²) >= 11 is 0. The lowest BCUT2D eigenvalue weighted by atomic mass is 10.1. The first-order valence-electron chi connectivity index (χ1n) is 5.12. The van der Waals surface area contributed by atoms with Gasteiger partial charge in [0.05, 0.1) is 25.9 Å². The van der Waals surface area contributed by atoms with Crippen LogP contribution in [0.1, 0.15) is 10.4 Å². The molecule has 0 saturated carbocycles. The number of ketones is 1. The largest absolute Gasteiger partial charge is 0.496 e. The third-order valence-electron chi connectivity index (χ3n) is 2.13. The van der Waals surface area contributed by atoms with Crippen LogP contribution in [0.3, 0.4) is 0 Å². The summed E-state index contributed by atoms with van der Waals surface area (Å²) in [5.41, 5.74) is 0.185. The van der Waals surface area contributed by atoms with Crippen LogP contribution < -0.4 is 4.74 Å². The molecule has 0 N–H and O–H groups in total. The normalized spacial score (nSPS) is 10.3. The van der Waals surface area contributed by atoms with E-state index in [2.05, 4.69) is 0 Å². The SMILES string of the molecule is COCCOCC(=O)c1cc(F)ccc1OC. The number of Topliss-reactive ketones (excluding diaryl/α,β-unsaturated/α-hetero) is 1. The minimum Gasteiger partial charge on any atom is -0.496 e. The second-order valence-corrected chi connectivity index (χ2v) is 3.31. The van der Waals surface area contributed by atoms with Crippen molar-refractivity contribution in [2.75, 3.05) is 34.0 Å². The monoisotopic (exact) mass is 242 g/mol. The van der Waals surface area contributed by atoms with E-state index in [1.165, 1.54) is 19.2 Å². The molecule has 0 aliphatic carbocycles. The van der Waals surface area contributed by atoms with Crippen LogP contribution in [0.25, 0.3) is 0 Å². The molecule has 94 valence electrons. The molecule has 0 spiro atoms. The zero-order valence-corrected chi connectivity index (χ0v) is 9.86. The third kappa shape index (κ3) is 4.13. The maximum absolute atomic E-state index is 13.0. The van der Waals surface area contributed by atoms with E-state index in [0.717, 1.165) is 6.07 Å². The predicted octanol–water partition coefficient (Wildman–Crippen LogP) is 1.68. The Morgan fingerprint density at radius 2 is 2.06 bits per heavy atom. The number of hydrogen-bond donors (Lipinski definition) is 0. The van der Waals surface area contributed by atoms with E-state index < -0.39 is 5.82 Å². The second kappa shape index (κ2) is 6.98. The van der Waals surface area contributed by atoms with E-state index in [4.69, 9.17) is 14.2 Å². The van der Waals surface area contributed by atoms with E-state index in [9.17, 15) is 9.18 Å². The van der Waals surface area contributed by atoms with Gasteiger partial charge < -0.3 is 14.2 Å². The molecule has 4 nitrogen and oxygen atoms in total. The van der Waals surface area contributed by atoms with Gasteiger partial charge in [-0.05, 0) is 18.2 Å². The number of methoxy groups -OCH3 is 2. The van der Waals surface area contributed by atoms with E-state index in [1.807, 2.05) is 0 Å². The van der Waals surface area contributed by atoms with Gasteiger partial charge in [0, 0.05) is 7.11 Å². The van der Waals surface area contributed by atoms with Crippen molar-refractivity contribution in [3.8, 4) is 5.75 Å². The molecule has 1 rings (SSSR count). The van der Waals surface area contributed by atoms with Crippen LogP contribution in [0.5, 0.6) is 5.75 Å². The highest BCUT2D eigenvalue weighted by Gasteiger charge is 2.13. The quantitative estimate of drug-likeness (QED) is 0.539. The Balaban J connectivity index is 2.64. The lowest BCUT2D eigenvalue weighted by Gasteiger charge is -2.08. The number of rotatable bonds is 7. The maximum Gasteiger partial charge on any atom is 0.192 e. The first kappa shape index (κ1) is 13.6. The van der Waals surface area contributed by atoms with Gasteiger partial charge in [0.15, 0.2) is 5.78 Å². The van der Waals surface area contributed by atoms with Crippen LogP contribution in [0.15, 0.2) is 18.2 Å². The fraction of sp³-hybridized carbons (Fsp3) is 0.417. The van der Waals surface area contributed by atoms with Crippen molar-refractivity contribution in [2.24, 2.45) is 0 Å². The molecular formula is C12H15FO4. The van der Waals surface area contributed by atoms with Gasteiger partial charge in [-0.15, -0.1) is 0 Å². The topological polar surface area (TPSA) is 44.8 Å². The highest BCUT2D eigenvalue weighted by molar-refractivity contribution is 5.99. The van der Waals surface area contributed by atoms with Gasteiger partial charge in [-0.2, -0.15) is 0 Å². The van der Waals surface area contributed by atoms with Gasteiger partial charge in [0.1, 0.15) is 18.2 Å². The molecule has 0 fully saturated rings. The predicted molar refractivity (Wildman–Crippen MR) is 60.0 cm³/mol. The molecule has 0 aliphatic rings. The maximum atomic E-state index is 13.0. The summed E-state index contributed by atoms with van der Waals surface area (Å²) in [6, 6.07) is 3.79. The van der Waals surface area contributed by atoms with Crippen molar-refractivity contribution < 1.29 is 23.4 Å². The summed E-state index contributed by atoms with van der Waals surface area (Å²) in [5, 5.41) is 0. The van der Waals surface area contributed by atoms with Gasteiger partial charge in [-0.25, -0.2) is 4.39 Å². The molecule has 1 aromatic rings. The highest BCUT2D eigenvalue weighted by atomic mass is 19.1. The van der Waals surface area contributed by atoms with Crippen molar-refractivity contribution in [1.29, 1.82) is 0 Å². The Labute approximate surface area is 99.3 Å². The first-order chi connectivity index (χ1) is 8.19. The molecule has 0 amide bonds. The minimum atomic E-state index is -0.481. The Morgan fingerprint density at radius 1 is 1.29 bits per heavy atom. The standard InChI is InChI=1S/C12H15FO4/c1-15-5-6-17-8-11(14)10-7-9(13)3-4-12(10)16-2/h3-4,7H,5-6,8H2,1-2H3. The van der Waals surface area contributed by atoms with Crippen molar-refractivity contribution in [1.82, 2.24) is 0 Å². The number of ether oxygens (including phenoxy) is 3. The molecule has 0 bridgehead atoms. The Hall–Kier alpha value is -1.46. The highest BCUT2D eigenvalue weighted by Crippen LogP contribution is 2.19. The molecule has 0 radical (unpaired) electrons. The molecule has 17 heavy (non-hydrogen) atoms. The molecule has 0 aromatic heterocycles. The van der Waals surface area contributed by atoms with Crippen LogP contribution in [0.2, 0.25) is 0 Å². The van der Waals surface area contributed by atoms with Crippen molar-refractivity contribution in [3.05, 3.63) is 29.6 Å². The number of halogens is 1.